The van der Waals surface area contributed by atoms with Crippen molar-refractivity contribution in [2.75, 3.05) is 10.6 Å². The van der Waals surface area contributed by atoms with Gasteiger partial charge in [0.1, 0.15) is 11.4 Å². The Morgan fingerprint density at radius 3 is 2.35 bits per heavy atom. The van der Waals surface area contributed by atoms with Crippen LogP contribution in [0.3, 0.4) is 0 Å². The highest BCUT2D eigenvalue weighted by Gasteiger charge is 2.27. The molecule has 1 aromatic heterocycles. The van der Waals surface area contributed by atoms with Gasteiger partial charge >= 0.3 is 0 Å². The number of nitrogens with one attached hydrogen (secondary N) is 2. The molecule has 1 aliphatic rings. The molecule has 0 fully saturated rings. The van der Waals surface area contributed by atoms with Crippen molar-refractivity contribution in [2.24, 2.45) is 12.2 Å². The minimum Gasteiger partial charge on any atom is -0.387 e. The van der Waals surface area contributed by atoms with Gasteiger partial charge in [0.25, 0.3) is 17.4 Å². The summed E-state index contributed by atoms with van der Waals surface area (Å²) in [5, 5.41) is 9.45. The minimum absolute atomic E-state index is 0.190. The molecule has 0 saturated heterocycles. The second-order valence-electron chi connectivity index (χ2n) is 8.67. The summed E-state index contributed by atoms with van der Waals surface area (Å²) in [5.41, 5.74) is 3.08. The maximum atomic E-state index is 13.1. The van der Waals surface area contributed by atoms with Gasteiger partial charge in [-0.2, -0.15) is 0 Å². The van der Waals surface area contributed by atoms with Gasteiger partial charge in [0.2, 0.25) is 0 Å². The van der Waals surface area contributed by atoms with Crippen LogP contribution < -0.4 is 16.2 Å². The lowest BCUT2D eigenvalue weighted by Gasteiger charge is -2.09. The van der Waals surface area contributed by atoms with Gasteiger partial charge in [-0.3, -0.25) is 19.1 Å². The van der Waals surface area contributed by atoms with Gasteiger partial charge in [0, 0.05) is 24.7 Å². The molecule has 5 rings (SSSR count). The van der Waals surface area contributed by atoms with Crippen LogP contribution in [-0.2, 0) is 16.7 Å². The Balaban J connectivity index is 1.29. The van der Waals surface area contributed by atoms with Crippen molar-refractivity contribution in [3.8, 4) is 5.69 Å². The number of anilines is 2. The van der Waals surface area contributed by atoms with Crippen molar-refractivity contribution in [1.29, 1.82) is 0 Å². The quantitative estimate of drug-likeness (QED) is 0.418. The van der Waals surface area contributed by atoms with Gasteiger partial charge in [0.15, 0.2) is 6.10 Å². The van der Waals surface area contributed by atoms with E-state index in [1.165, 1.54) is 4.68 Å². The maximum absolute atomic E-state index is 13.1. The molecule has 9 heteroatoms. The number of hydrogen-bond donors (Lipinski definition) is 2. The number of amides is 2. The van der Waals surface area contributed by atoms with E-state index in [9.17, 15) is 14.4 Å². The molecule has 2 heterocycles. The summed E-state index contributed by atoms with van der Waals surface area (Å²) in [6.07, 6.45) is 0.0323. The fraction of sp³-hybridized carbons (Fsp3) is 0.143. The molecule has 0 spiro atoms. The van der Waals surface area contributed by atoms with E-state index in [1.54, 1.807) is 42.9 Å². The summed E-state index contributed by atoms with van der Waals surface area (Å²) in [4.78, 5) is 44.3. The zero-order valence-electron chi connectivity index (χ0n) is 20.3. The van der Waals surface area contributed by atoms with Crippen molar-refractivity contribution < 1.29 is 14.4 Å². The van der Waals surface area contributed by atoms with Crippen LogP contribution in [0.25, 0.3) is 5.69 Å². The topological polar surface area (TPSA) is 107 Å². The summed E-state index contributed by atoms with van der Waals surface area (Å²) in [6, 6.07) is 25.2. The number of oxime groups is 1. The molecule has 0 radical (unpaired) electrons. The monoisotopic (exact) mass is 495 g/mol. The molecule has 2 amide bonds. The lowest BCUT2D eigenvalue weighted by Crippen LogP contribution is -2.23. The molecule has 37 heavy (non-hydrogen) atoms. The van der Waals surface area contributed by atoms with Gasteiger partial charge < -0.3 is 15.5 Å². The van der Waals surface area contributed by atoms with E-state index in [-0.39, 0.29) is 23.1 Å². The maximum Gasteiger partial charge on any atom is 0.295 e. The van der Waals surface area contributed by atoms with Gasteiger partial charge in [-0.15, -0.1) is 0 Å². The van der Waals surface area contributed by atoms with Gasteiger partial charge in [-0.1, -0.05) is 59.8 Å². The smallest absolute Gasteiger partial charge is 0.295 e. The van der Waals surface area contributed by atoms with E-state index < -0.39 is 11.8 Å². The largest absolute Gasteiger partial charge is 0.387 e. The Labute approximate surface area is 213 Å². The molecule has 0 aliphatic carbocycles. The molecule has 0 bridgehead atoms. The second-order valence-corrected chi connectivity index (χ2v) is 8.67. The molecule has 0 saturated carbocycles. The summed E-state index contributed by atoms with van der Waals surface area (Å²) in [6.45, 7) is 1.76. The first-order valence-corrected chi connectivity index (χ1v) is 11.8. The van der Waals surface area contributed by atoms with E-state index in [4.69, 9.17) is 4.84 Å². The van der Waals surface area contributed by atoms with E-state index in [1.807, 2.05) is 60.7 Å². The van der Waals surface area contributed by atoms with Crippen LogP contribution in [0, 0.1) is 6.92 Å². The average molecular weight is 496 g/mol. The number of carbonyl (C=O) groups excluding carboxylic acids is 2. The summed E-state index contributed by atoms with van der Waals surface area (Å²) in [5.74, 6) is -0.867. The molecule has 1 unspecified atom stereocenters. The third-order valence-electron chi connectivity index (χ3n) is 6.28. The first kappa shape index (κ1) is 23.8. The number of nitrogens with zero attached hydrogens (tertiary/aromatic N) is 3. The Morgan fingerprint density at radius 2 is 1.62 bits per heavy atom. The van der Waals surface area contributed by atoms with Gasteiger partial charge in [0.05, 0.1) is 11.4 Å². The van der Waals surface area contributed by atoms with Crippen LogP contribution in [0.15, 0.2) is 94.9 Å². The first-order chi connectivity index (χ1) is 17.9. The molecular weight excluding hydrogens is 470 g/mol. The number of aromatic nitrogens is 2. The predicted octanol–water partition coefficient (Wildman–Crippen LogP) is 4.19. The standard InChI is InChI=1S/C28H25N5O4/c1-18-25(28(36)33(32(18)2)22-14-7-4-8-15-22)30-26(34)20-12-9-13-21(16-20)29-27(35)23-17-24(37-31-23)19-10-5-3-6-11-19/h3-16,24H,17H2,1-2H3,(H,29,35)(H,30,34). The van der Waals surface area contributed by atoms with Crippen molar-refractivity contribution >= 4 is 28.9 Å². The fourth-order valence-corrected chi connectivity index (χ4v) is 4.20. The molecule has 3 aromatic carbocycles. The molecule has 1 aliphatic heterocycles. The molecular formula is C28H25N5O4. The highest BCUT2D eigenvalue weighted by molar-refractivity contribution is 6.43. The minimum atomic E-state index is -0.465. The van der Waals surface area contributed by atoms with Crippen molar-refractivity contribution in [2.45, 2.75) is 19.4 Å². The highest BCUT2D eigenvalue weighted by atomic mass is 16.6. The van der Waals surface area contributed by atoms with E-state index in [2.05, 4.69) is 15.8 Å². The Bertz CT molecular complexity index is 1550. The van der Waals surface area contributed by atoms with Gasteiger partial charge in [-0.25, -0.2) is 4.68 Å². The SMILES string of the molecule is Cc1c(NC(=O)c2cccc(NC(=O)C3=NOC(c4ccccc4)C3)c2)c(=O)n(-c2ccccc2)n1C. The number of hydrogen-bond acceptors (Lipinski definition) is 5. The lowest BCUT2D eigenvalue weighted by molar-refractivity contribution is -0.110. The lowest BCUT2D eigenvalue weighted by atomic mass is 10.0. The molecule has 4 aromatic rings. The van der Waals surface area contributed by atoms with Crippen molar-refractivity contribution in [3.63, 3.8) is 0 Å². The molecule has 1 atom stereocenters. The Hall–Kier alpha value is -4.92. The van der Waals surface area contributed by atoms with Crippen LogP contribution >= 0.6 is 0 Å². The predicted molar refractivity (Wildman–Crippen MR) is 141 cm³/mol. The summed E-state index contributed by atoms with van der Waals surface area (Å²) in [7, 11) is 1.76. The average Bonchev–Trinajstić information content (AvgIpc) is 3.50. The Kier molecular flexibility index (Phi) is 6.42. The third kappa shape index (κ3) is 4.79. The number of carbonyl (C=O) groups is 2. The van der Waals surface area contributed by atoms with Crippen LogP contribution in [0.5, 0.6) is 0 Å². The van der Waals surface area contributed by atoms with E-state index in [0.29, 0.717) is 29.1 Å². The summed E-state index contributed by atoms with van der Waals surface area (Å²) < 4.78 is 3.19. The third-order valence-corrected chi connectivity index (χ3v) is 6.28. The van der Waals surface area contributed by atoms with Crippen molar-refractivity contribution in [1.82, 2.24) is 9.36 Å². The highest BCUT2D eigenvalue weighted by Crippen LogP contribution is 2.27. The second kappa shape index (κ2) is 9.98. The van der Waals surface area contributed by atoms with Crippen LogP contribution in [0.2, 0.25) is 0 Å². The van der Waals surface area contributed by atoms with Crippen LogP contribution in [0.4, 0.5) is 11.4 Å². The molecule has 186 valence electrons. The van der Waals surface area contributed by atoms with Gasteiger partial charge in [-0.05, 0) is 42.8 Å². The van der Waals surface area contributed by atoms with E-state index >= 15 is 0 Å². The fourth-order valence-electron chi connectivity index (χ4n) is 4.20. The number of benzene rings is 3. The summed E-state index contributed by atoms with van der Waals surface area (Å²) >= 11 is 0. The number of para-hydroxylation sites is 1. The van der Waals surface area contributed by atoms with E-state index in [0.717, 1.165) is 5.56 Å². The first-order valence-electron chi connectivity index (χ1n) is 11.8. The molecule has 2 N–H and O–H groups in total. The zero-order valence-corrected chi connectivity index (χ0v) is 20.3. The number of rotatable bonds is 6. The Morgan fingerprint density at radius 1 is 0.919 bits per heavy atom. The van der Waals surface area contributed by atoms with Crippen LogP contribution in [-0.4, -0.2) is 26.9 Å². The molecule has 9 nitrogen and oxygen atoms in total. The normalized spacial score (nSPS) is 14.5. The van der Waals surface area contributed by atoms with Crippen molar-refractivity contribution in [3.05, 3.63) is 112 Å². The zero-order chi connectivity index (χ0) is 25.9. The van der Waals surface area contributed by atoms with Crippen LogP contribution in [0.1, 0.15) is 34.1 Å².